The second kappa shape index (κ2) is 5.80. The van der Waals surface area contributed by atoms with Gasteiger partial charge >= 0.3 is 0 Å². The maximum absolute atomic E-state index is 5.95. The molecule has 1 aromatic heterocycles. The molecule has 92 valence electrons. The molecule has 0 aromatic carbocycles. The normalized spacial score (nSPS) is 17.4. The lowest BCUT2D eigenvalue weighted by Gasteiger charge is -2.41. The summed E-state index contributed by atoms with van der Waals surface area (Å²) in [6.45, 7) is 7.46. The molecule has 3 heteroatoms. The van der Waals surface area contributed by atoms with Crippen LogP contribution in [0.5, 0.6) is 0 Å². The number of likely N-dealkylation sites (N-methyl/N-ethyl adjacent to an activating group) is 1. The molecule has 0 aliphatic carbocycles. The highest BCUT2D eigenvalue weighted by Gasteiger charge is 2.30. The molecule has 2 N–H and O–H groups in total. The van der Waals surface area contributed by atoms with Crippen LogP contribution in [0.1, 0.15) is 44.5 Å². The zero-order valence-corrected chi connectivity index (χ0v) is 11.7. The third-order valence-corrected chi connectivity index (χ3v) is 4.66. The molecule has 1 aromatic rings. The van der Waals surface area contributed by atoms with Gasteiger partial charge in [0.05, 0.1) is 0 Å². The standard InChI is InChI=1S/C13H24N2S/c1-5-8-13(3,10-14)15(4)11(2)12-7-6-9-16-12/h6-7,9,11H,5,8,10,14H2,1-4H3. The van der Waals surface area contributed by atoms with E-state index in [0.717, 1.165) is 6.42 Å². The molecule has 1 heterocycles. The summed E-state index contributed by atoms with van der Waals surface area (Å²) in [6, 6.07) is 4.76. The van der Waals surface area contributed by atoms with Crippen molar-refractivity contribution in [3.8, 4) is 0 Å². The highest BCUT2D eigenvalue weighted by atomic mass is 32.1. The first-order valence-corrected chi connectivity index (χ1v) is 6.89. The molecule has 0 aliphatic rings. The molecule has 0 radical (unpaired) electrons. The van der Waals surface area contributed by atoms with Gasteiger partial charge in [0, 0.05) is 23.0 Å². The van der Waals surface area contributed by atoms with Gasteiger partial charge < -0.3 is 5.73 Å². The van der Waals surface area contributed by atoms with E-state index >= 15 is 0 Å². The summed E-state index contributed by atoms with van der Waals surface area (Å²) in [5.74, 6) is 0. The van der Waals surface area contributed by atoms with Crippen molar-refractivity contribution < 1.29 is 0 Å². The molecule has 1 rings (SSSR count). The first kappa shape index (κ1) is 13.7. The molecule has 0 saturated carbocycles. The van der Waals surface area contributed by atoms with Gasteiger partial charge in [-0.1, -0.05) is 19.4 Å². The van der Waals surface area contributed by atoms with Crippen molar-refractivity contribution in [1.82, 2.24) is 4.90 Å². The Bertz CT molecular complexity index is 297. The minimum atomic E-state index is 0.109. The first-order valence-electron chi connectivity index (χ1n) is 6.01. The van der Waals surface area contributed by atoms with Gasteiger partial charge in [-0.2, -0.15) is 0 Å². The summed E-state index contributed by atoms with van der Waals surface area (Å²) >= 11 is 1.82. The molecule has 0 fully saturated rings. The van der Waals surface area contributed by atoms with Gasteiger partial charge in [-0.15, -0.1) is 11.3 Å². The van der Waals surface area contributed by atoms with Crippen molar-refractivity contribution in [2.45, 2.75) is 45.2 Å². The summed E-state index contributed by atoms with van der Waals surface area (Å²) in [4.78, 5) is 3.83. The van der Waals surface area contributed by atoms with Crippen molar-refractivity contribution in [2.24, 2.45) is 5.73 Å². The zero-order chi connectivity index (χ0) is 12.2. The Hall–Kier alpha value is -0.380. The van der Waals surface area contributed by atoms with Crippen LogP contribution < -0.4 is 5.73 Å². The van der Waals surface area contributed by atoms with Gasteiger partial charge in [0.25, 0.3) is 0 Å². The van der Waals surface area contributed by atoms with E-state index in [1.54, 1.807) is 0 Å². The maximum Gasteiger partial charge on any atom is 0.0416 e. The molecule has 2 nitrogen and oxygen atoms in total. The highest BCUT2D eigenvalue weighted by Crippen LogP contribution is 2.31. The summed E-state index contributed by atoms with van der Waals surface area (Å²) < 4.78 is 0. The van der Waals surface area contributed by atoms with E-state index in [0.29, 0.717) is 12.6 Å². The average Bonchev–Trinajstić information content (AvgIpc) is 2.80. The fourth-order valence-electron chi connectivity index (χ4n) is 2.15. The summed E-state index contributed by atoms with van der Waals surface area (Å²) in [7, 11) is 2.19. The van der Waals surface area contributed by atoms with E-state index in [-0.39, 0.29) is 5.54 Å². The molecule has 0 aliphatic heterocycles. The second-order valence-corrected chi connectivity index (χ2v) is 5.73. The number of rotatable bonds is 6. The van der Waals surface area contributed by atoms with E-state index in [1.807, 2.05) is 11.3 Å². The van der Waals surface area contributed by atoms with E-state index in [4.69, 9.17) is 5.73 Å². The molecule has 2 unspecified atom stereocenters. The van der Waals surface area contributed by atoms with Crippen molar-refractivity contribution >= 4 is 11.3 Å². The van der Waals surface area contributed by atoms with Gasteiger partial charge in [-0.25, -0.2) is 0 Å². The van der Waals surface area contributed by atoms with Crippen LogP contribution in [0.4, 0.5) is 0 Å². The van der Waals surface area contributed by atoms with Crippen molar-refractivity contribution in [2.75, 3.05) is 13.6 Å². The fourth-order valence-corrected chi connectivity index (χ4v) is 2.97. The summed E-state index contributed by atoms with van der Waals surface area (Å²) in [6.07, 6.45) is 2.32. The Morgan fingerprint density at radius 1 is 1.56 bits per heavy atom. The number of hydrogen-bond acceptors (Lipinski definition) is 3. The molecule has 2 atom stereocenters. The lowest BCUT2D eigenvalue weighted by Crippen LogP contribution is -2.50. The van der Waals surface area contributed by atoms with Crippen LogP contribution in [-0.4, -0.2) is 24.0 Å². The molecular formula is C13H24N2S. The number of thiophene rings is 1. The van der Waals surface area contributed by atoms with Crippen LogP contribution in [-0.2, 0) is 0 Å². The molecule has 0 saturated heterocycles. The molecular weight excluding hydrogens is 216 g/mol. The highest BCUT2D eigenvalue weighted by molar-refractivity contribution is 7.10. The Kier molecular flexibility index (Phi) is 4.96. The summed E-state index contributed by atoms with van der Waals surface area (Å²) in [5, 5.41) is 2.14. The number of nitrogens with two attached hydrogens (primary N) is 1. The fraction of sp³-hybridized carbons (Fsp3) is 0.692. The second-order valence-electron chi connectivity index (χ2n) is 4.75. The van der Waals surface area contributed by atoms with Crippen molar-refractivity contribution in [1.29, 1.82) is 0 Å². The maximum atomic E-state index is 5.95. The SMILES string of the molecule is CCCC(C)(CN)N(C)C(C)c1cccs1. The van der Waals surface area contributed by atoms with Crippen molar-refractivity contribution in [3.63, 3.8) is 0 Å². The largest absolute Gasteiger partial charge is 0.329 e. The van der Waals surface area contributed by atoms with Crippen LogP contribution in [0.25, 0.3) is 0 Å². The lowest BCUT2D eigenvalue weighted by atomic mass is 9.93. The first-order chi connectivity index (χ1) is 7.55. The Balaban J connectivity index is 2.78. The average molecular weight is 240 g/mol. The van der Waals surface area contributed by atoms with Crippen LogP contribution in [0.2, 0.25) is 0 Å². The predicted molar refractivity (Wildman–Crippen MR) is 72.9 cm³/mol. The van der Waals surface area contributed by atoms with Gasteiger partial charge in [0.15, 0.2) is 0 Å². The zero-order valence-electron chi connectivity index (χ0n) is 10.9. The van der Waals surface area contributed by atoms with Crippen LogP contribution in [0.3, 0.4) is 0 Å². The molecule has 0 bridgehead atoms. The summed E-state index contributed by atoms with van der Waals surface area (Å²) in [5.41, 5.74) is 6.06. The topological polar surface area (TPSA) is 29.3 Å². The molecule has 0 spiro atoms. The van der Waals surface area contributed by atoms with Crippen LogP contribution in [0.15, 0.2) is 17.5 Å². The lowest BCUT2D eigenvalue weighted by molar-refractivity contribution is 0.0926. The van der Waals surface area contributed by atoms with Crippen LogP contribution >= 0.6 is 11.3 Å². The van der Waals surface area contributed by atoms with Gasteiger partial charge in [-0.05, 0) is 38.8 Å². The number of nitrogens with zero attached hydrogens (tertiary/aromatic N) is 1. The van der Waals surface area contributed by atoms with Crippen molar-refractivity contribution in [3.05, 3.63) is 22.4 Å². The third-order valence-electron chi connectivity index (χ3n) is 3.62. The minimum absolute atomic E-state index is 0.109. The molecule has 16 heavy (non-hydrogen) atoms. The minimum Gasteiger partial charge on any atom is -0.329 e. The van der Waals surface area contributed by atoms with Crippen LogP contribution in [0, 0.1) is 0 Å². The molecule has 0 amide bonds. The van der Waals surface area contributed by atoms with E-state index in [9.17, 15) is 0 Å². The van der Waals surface area contributed by atoms with E-state index < -0.39 is 0 Å². The quantitative estimate of drug-likeness (QED) is 0.827. The Labute approximate surface area is 103 Å². The third kappa shape index (κ3) is 2.84. The smallest absolute Gasteiger partial charge is 0.0416 e. The monoisotopic (exact) mass is 240 g/mol. The van der Waals surface area contributed by atoms with E-state index in [2.05, 4.69) is 50.2 Å². The van der Waals surface area contributed by atoms with Gasteiger partial charge in [0.1, 0.15) is 0 Å². The number of hydrogen-bond donors (Lipinski definition) is 1. The van der Waals surface area contributed by atoms with E-state index in [1.165, 1.54) is 11.3 Å². The van der Waals surface area contributed by atoms with Gasteiger partial charge in [0.2, 0.25) is 0 Å². The van der Waals surface area contributed by atoms with Gasteiger partial charge in [-0.3, -0.25) is 4.90 Å². The predicted octanol–water partition coefficient (Wildman–Crippen LogP) is 3.26. The Morgan fingerprint density at radius 3 is 2.69 bits per heavy atom. The Morgan fingerprint density at radius 2 is 2.25 bits per heavy atom.